The van der Waals surface area contributed by atoms with E-state index in [0.29, 0.717) is 6.54 Å². The number of hydrogen-bond donors (Lipinski definition) is 0. The molecule has 0 aromatic carbocycles. The molecule has 0 spiro atoms. The largest absolute Gasteiger partial charge is 0.445 e. The van der Waals surface area contributed by atoms with Crippen molar-refractivity contribution in [3.05, 3.63) is 85.0 Å². The Hall–Kier alpha value is -2.65. The third kappa shape index (κ3) is 7.20. The molecule has 0 aliphatic rings. The maximum Gasteiger partial charge on any atom is 0.194 e. The molecule has 0 fully saturated rings. The smallest absolute Gasteiger partial charge is 0.194 e. The summed E-state index contributed by atoms with van der Waals surface area (Å²) in [6.07, 6.45) is 14.0. The summed E-state index contributed by atoms with van der Waals surface area (Å²) in [5, 5.41) is 4.37. The minimum absolute atomic E-state index is 0. The molecule has 32 heavy (non-hydrogen) atoms. The van der Waals surface area contributed by atoms with Gasteiger partial charge < -0.3 is 19.6 Å². The molecule has 0 aliphatic carbocycles. The summed E-state index contributed by atoms with van der Waals surface area (Å²) in [5.41, 5.74) is 1.05. The SMILES string of the molecule is Cn1ccnc1CN(CCCN(Cc1ccccn1)Cc1ncc[n-]1)C[n+]1ccc[n-]1.[Ir]. The monoisotopic (exact) mass is 611 g/mol. The van der Waals surface area contributed by atoms with E-state index in [1.807, 2.05) is 60.9 Å². The average molecular weight is 611 g/mol. The van der Waals surface area contributed by atoms with Crippen molar-refractivity contribution in [3.8, 4) is 0 Å². The van der Waals surface area contributed by atoms with Gasteiger partial charge in [-0.2, -0.15) is 0 Å². The van der Waals surface area contributed by atoms with Crippen molar-refractivity contribution < 1.29 is 24.8 Å². The van der Waals surface area contributed by atoms with E-state index < -0.39 is 0 Å². The Kier molecular flexibility index (Phi) is 9.30. The normalized spacial score (nSPS) is 11.2. The molecule has 9 nitrogen and oxygen atoms in total. The third-order valence-corrected chi connectivity index (χ3v) is 5.13. The summed E-state index contributed by atoms with van der Waals surface area (Å²) in [6.45, 7) is 4.83. The van der Waals surface area contributed by atoms with Gasteiger partial charge in [-0.3, -0.25) is 14.6 Å². The van der Waals surface area contributed by atoms with Gasteiger partial charge in [-0.05, 0) is 24.6 Å². The molecule has 4 rings (SSSR count). The van der Waals surface area contributed by atoms with E-state index in [0.717, 1.165) is 56.6 Å². The van der Waals surface area contributed by atoms with Gasteiger partial charge in [-0.15, -0.1) is 6.20 Å². The quantitative estimate of drug-likeness (QED) is 0.221. The van der Waals surface area contributed by atoms with Crippen LogP contribution >= 0.6 is 0 Å². The molecule has 4 aromatic rings. The van der Waals surface area contributed by atoms with Gasteiger partial charge in [0.05, 0.1) is 12.2 Å². The zero-order valence-corrected chi connectivity index (χ0v) is 20.6. The third-order valence-electron chi connectivity index (χ3n) is 5.13. The maximum atomic E-state index is 4.49. The van der Waals surface area contributed by atoms with Crippen LogP contribution in [0.15, 0.2) is 67.6 Å². The Balaban J connectivity index is 0.00000289. The Morgan fingerprint density at radius 3 is 2.53 bits per heavy atom. The van der Waals surface area contributed by atoms with Crippen molar-refractivity contribution in [2.24, 2.45) is 7.05 Å². The number of rotatable bonds is 12. The van der Waals surface area contributed by atoms with Crippen molar-refractivity contribution in [2.75, 3.05) is 13.1 Å². The number of imidazole rings is 2. The van der Waals surface area contributed by atoms with Gasteiger partial charge in [0.2, 0.25) is 0 Å². The summed E-state index contributed by atoms with van der Waals surface area (Å²) >= 11 is 0. The Morgan fingerprint density at radius 1 is 0.938 bits per heavy atom. The molecular weight excluding hydrogens is 583 g/mol. The molecular formula is C22H28IrN9-. The summed E-state index contributed by atoms with van der Waals surface area (Å²) in [7, 11) is 2.03. The molecule has 0 atom stereocenters. The van der Waals surface area contributed by atoms with Crippen LogP contribution in [0.3, 0.4) is 0 Å². The van der Waals surface area contributed by atoms with E-state index in [9.17, 15) is 0 Å². The molecule has 0 aliphatic heterocycles. The van der Waals surface area contributed by atoms with E-state index >= 15 is 0 Å². The first-order valence-corrected chi connectivity index (χ1v) is 10.5. The Labute approximate surface area is 201 Å². The number of aromatic nitrogens is 7. The summed E-state index contributed by atoms with van der Waals surface area (Å²) < 4.78 is 4.02. The molecule has 4 aromatic heterocycles. The zero-order valence-electron chi connectivity index (χ0n) is 18.2. The van der Waals surface area contributed by atoms with E-state index in [-0.39, 0.29) is 20.1 Å². The van der Waals surface area contributed by atoms with E-state index in [2.05, 4.69) is 45.5 Å². The number of nitrogens with zero attached hydrogens (tertiary/aromatic N) is 9. The van der Waals surface area contributed by atoms with Crippen LogP contribution in [0, 0.1) is 0 Å². The van der Waals surface area contributed by atoms with Gasteiger partial charge in [-0.25, -0.2) is 9.88 Å². The number of hydrogen-bond acceptors (Lipinski definition) is 5. The summed E-state index contributed by atoms with van der Waals surface area (Å²) in [4.78, 5) is 22.4. The standard InChI is InChI=1S/C22H28N9.Ir/c1-28-15-11-26-22(28)18-30(19-31-14-4-8-27-31)13-5-12-29(17-21-24-9-10-25-21)16-20-6-2-3-7-23-20;/h2-4,6-11,14-15H,5,12-13,16-19H2,1H3;/q-1;. The molecule has 0 bridgehead atoms. The van der Waals surface area contributed by atoms with Crippen LogP contribution < -0.4 is 14.8 Å². The van der Waals surface area contributed by atoms with Crippen molar-refractivity contribution in [1.82, 2.24) is 39.4 Å². The van der Waals surface area contributed by atoms with E-state index in [4.69, 9.17) is 0 Å². The first-order chi connectivity index (χ1) is 15.3. The molecule has 171 valence electrons. The van der Waals surface area contributed by atoms with Crippen LogP contribution in [0.5, 0.6) is 0 Å². The van der Waals surface area contributed by atoms with Gasteiger partial charge in [0.15, 0.2) is 12.9 Å². The molecule has 0 unspecified atom stereocenters. The van der Waals surface area contributed by atoms with Crippen molar-refractivity contribution in [1.29, 1.82) is 0 Å². The minimum atomic E-state index is 0. The minimum Gasteiger partial charge on any atom is -0.445 e. The molecule has 4 heterocycles. The second kappa shape index (κ2) is 12.4. The molecule has 0 saturated carbocycles. The zero-order chi connectivity index (χ0) is 21.3. The van der Waals surface area contributed by atoms with Crippen LogP contribution in [0.4, 0.5) is 0 Å². The maximum absolute atomic E-state index is 4.49. The van der Waals surface area contributed by atoms with E-state index in [1.165, 1.54) is 0 Å². The molecule has 10 heteroatoms. The van der Waals surface area contributed by atoms with Crippen molar-refractivity contribution >= 4 is 0 Å². The van der Waals surface area contributed by atoms with E-state index in [1.54, 1.807) is 12.4 Å². The fourth-order valence-electron chi connectivity index (χ4n) is 3.54. The fourth-order valence-corrected chi connectivity index (χ4v) is 3.54. The second-order valence-corrected chi connectivity index (χ2v) is 7.55. The van der Waals surface area contributed by atoms with Gasteiger partial charge >= 0.3 is 0 Å². The van der Waals surface area contributed by atoms with Crippen LogP contribution in [-0.2, 0) is 53.5 Å². The first kappa shape index (κ1) is 24.0. The van der Waals surface area contributed by atoms with Gasteiger partial charge in [0.25, 0.3) is 0 Å². The topological polar surface area (TPSA) is 82.2 Å². The van der Waals surface area contributed by atoms with Crippen LogP contribution in [-0.4, -0.2) is 42.4 Å². The summed E-state index contributed by atoms with van der Waals surface area (Å²) in [5.74, 6) is 1.89. The molecule has 1 radical (unpaired) electrons. The average Bonchev–Trinajstić information content (AvgIpc) is 3.54. The predicted molar refractivity (Wildman–Crippen MR) is 114 cm³/mol. The summed E-state index contributed by atoms with van der Waals surface area (Å²) in [6, 6.07) is 7.98. The van der Waals surface area contributed by atoms with Gasteiger partial charge in [0.1, 0.15) is 5.82 Å². The molecule has 0 amide bonds. The van der Waals surface area contributed by atoms with Crippen LogP contribution in [0.1, 0.15) is 23.8 Å². The van der Waals surface area contributed by atoms with Crippen molar-refractivity contribution in [3.63, 3.8) is 0 Å². The Bertz CT molecular complexity index is 999. The first-order valence-electron chi connectivity index (χ1n) is 10.5. The fraction of sp³-hybridized carbons (Fsp3) is 0.364. The molecule has 0 N–H and O–H groups in total. The van der Waals surface area contributed by atoms with Crippen LogP contribution in [0.25, 0.3) is 0 Å². The molecule has 0 saturated heterocycles. The van der Waals surface area contributed by atoms with Crippen molar-refractivity contribution in [2.45, 2.75) is 32.7 Å². The number of pyridine rings is 1. The second-order valence-electron chi connectivity index (χ2n) is 7.55. The van der Waals surface area contributed by atoms with Gasteiger partial charge in [0, 0.05) is 71.9 Å². The van der Waals surface area contributed by atoms with Gasteiger partial charge in [-0.1, -0.05) is 24.3 Å². The van der Waals surface area contributed by atoms with Crippen LogP contribution in [0.2, 0.25) is 0 Å². The predicted octanol–water partition coefficient (Wildman–Crippen LogP) is 0.962. The Morgan fingerprint density at radius 2 is 1.84 bits per heavy atom. The number of aryl methyl sites for hydroxylation is 1.